The van der Waals surface area contributed by atoms with Crippen molar-refractivity contribution in [3.8, 4) is 0 Å². The van der Waals surface area contributed by atoms with Crippen LogP contribution in [0, 0.1) is 5.92 Å². The highest BCUT2D eigenvalue weighted by Gasteiger charge is 2.28. The summed E-state index contributed by atoms with van der Waals surface area (Å²) in [6, 6.07) is 0. The first-order valence-electron chi connectivity index (χ1n) is 5.83. The van der Waals surface area contributed by atoms with Gasteiger partial charge in [0.1, 0.15) is 5.82 Å². The highest BCUT2D eigenvalue weighted by Crippen LogP contribution is 2.38. The third-order valence-corrected chi connectivity index (χ3v) is 2.89. The number of hydrogen-bond donors (Lipinski definition) is 2. The maximum Gasteiger partial charge on any atom is 0.155 e. The highest BCUT2D eigenvalue weighted by molar-refractivity contribution is 5.07. The van der Waals surface area contributed by atoms with Gasteiger partial charge in [0.15, 0.2) is 5.82 Å². The Morgan fingerprint density at radius 3 is 2.73 bits per heavy atom. The van der Waals surface area contributed by atoms with Crippen LogP contribution < -0.4 is 5.73 Å². The summed E-state index contributed by atoms with van der Waals surface area (Å²) in [6.07, 6.45) is 3.58. The molecule has 0 aliphatic heterocycles. The Hall–Kier alpha value is -0.900. The lowest BCUT2D eigenvalue weighted by Gasteiger charge is -2.12. The van der Waals surface area contributed by atoms with Crippen molar-refractivity contribution in [3.63, 3.8) is 0 Å². The minimum atomic E-state index is 0.314. The van der Waals surface area contributed by atoms with Gasteiger partial charge in [0.2, 0.25) is 0 Å². The Labute approximate surface area is 90.7 Å². The second-order valence-electron chi connectivity index (χ2n) is 4.92. The molecule has 4 heteroatoms. The SMILES string of the molecule is CC(C)CC(CN)c1n[nH]c(C2CC2)n1. The van der Waals surface area contributed by atoms with Crippen LogP contribution in [0.5, 0.6) is 0 Å². The van der Waals surface area contributed by atoms with Gasteiger partial charge in [-0.1, -0.05) is 13.8 Å². The van der Waals surface area contributed by atoms with Crippen LogP contribution in [0.25, 0.3) is 0 Å². The van der Waals surface area contributed by atoms with E-state index in [0.29, 0.717) is 24.3 Å². The van der Waals surface area contributed by atoms with Gasteiger partial charge in [-0.2, -0.15) is 5.10 Å². The lowest BCUT2D eigenvalue weighted by molar-refractivity contribution is 0.488. The lowest BCUT2D eigenvalue weighted by atomic mass is 9.97. The molecule has 1 aromatic heterocycles. The zero-order chi connectivity index (χ0) is 10.8. The van der Waals surface area contributed by atoms with E-state index in [-0.39, 0.29) is 0 Å². The molecule has 0 spiro atoms. The van der Waals surface area contributed by atoms with Crippen molar-refractivity contribution in [1.29, 1.82) is 0 Å². The monoisotopic (exact) mass is 208 g/mol. The number of aromatic nitrogens is 3. The third kappa shape index (κ3) is 2.56. The van der Waals surface area contributed by atoms with Crippen molar-refractivity contribution in [3.05, 3.63) is 11.6 Å². The average Bonchev–Trinajstić information content (AvgIpc) is 2.93. The fourth-order valence-electron chi connectivity index (χ4n) is 1.89. The zero-order valence-corrected chi connectivity index (χ0v) is 9.53. The second-order valence-corrected chi connectivity index (χ2v) is 4.92. The van der Waals surface area contributed by atoms with Crippen molar-refractivity contribution >= 4 is 0 Å². The average molecular weight is 208 g/mol. The van der Waals surface area contributed by atoms with Crippen LogP contribution in [0.3, 0.4) is 0 Å². The van der Waals surface area contributed by atoms with Crippen LogP contribution >= 0.6 is 0 Å². The van der Waals surface area contributed by atoms with Gasteiger partial charge in [0, 0.05) is 18.4 Å². The topological polar surface area (TPSA) is 67.6 Å². The zero-order valence-electron chi connectivity index (χ0n) is 9.53. The van der Waals surface area contributed by atoms with Gasteiger partial charge in [-0.3, -0.25) is 5.10 Å². The Morgan fingerprint density at radius 1 is 1.47 bits per heavy atom. The van der Waals surface area contributed by atoms with Gasteiger partial charge < -0.3 is 5.73 Å². The molecule has 2 rings (SSSR count). The molecule has 1 fully saturated rings. The molecule has 1 aliphatic carbocycles. The summed E-state index contributed by atoms with van der Waals surface area (Å²) in [7, 11) is 0. The standard InChI is InChI=1S/C11H20N4/c1-7(2)5-9(6-12)11-13-10(14-15-11)8-3-4-8/h7-9H,3-6,12H2,1-2H3,(H,13,14,15). The van der Waals surface area contributed by atoms with E-state index in [2.05, 4.69) is 29.0 Å². The normalized spacial score (nSPS) is 18.4. The smallest absolute Gasteiger partial charge is 0.155 e. The van der Waals surface area contributed by atoms with Crippen molar-refractivity contribution in [2.45, 2.75) is 44.9 Å². The van der Waals surface area contributed by atoms with Crippen LogP contribution in [0.1, 0.15) is 56.6 Å². The Balaban J connectivity index is 2.04. The summed E-state index contributed by atoms with van der Waals surface area (Å²) in [5.41, 5.74) is 5.76. The van der Waals surface area contributed by atoms with Crippen LogP contribution in [0.4, 0.5) is 0 Å². The fraction of sp³-hybridized carbons (Fsp3) is 0.818. The maximum atomic E-state index is 5.76. The molecular weight excluding hydrogens is 188 g/mol. The summed E-state index contributed by atoms with van der Waals surface area (Å²) < 4.78 is 0. The van der Waals surface area contributed by atoms with E-state index < -0.39 is 0 Å². The number of nitrogens with zero attached hydrogens (tertiary/aromatic N) is 2. The summed E-state index contributed by atoms with van der Waals surface area (Å²) in [5, 5.41) is 7.32. The van der Waals surface area contributed by atoms with Crippen LogP contribution in [0.15, 0.2) is 0 Å². The number of aromatic amines is 1. The van der Waals surface area contributed by atoms with Gasteiger partial charge in [-0.05, 0) is 25.2 Å². The first kappa shape index (κ1) is 10.6. The molecule has 1 heterocycles. The molecule has 0 aromatic carbocycles. The molecule has 0 radical (unpaired) electrons. The van der Waals surface area contributed by atoms with Gasteiger partial charge in [-0.15, -0.1) is 0 Å². The van der Waals surface area contributed by atoms with Gasteiger partial charge >= 0.3 is 0 Å². The number of rotatable bonds is 5. The van der Waals surface area contributed by atoms with Crippen LogP contribution in [-0.4, -0.2) is 21.7 Å². The fourth-order valence-corrected chi connectivity index (χ4v) is 1.89. The molecule has 1 saturated carbocycles. The van der Waals surface area contributed by atoms with E-state index in [1.165, 1.54) is 12.8 Å². The molecule has 1 aromatic rings. The van der Waals surface area contributed by atoms with E-state index >= 15 is 0 Å². The molecular formula is C11H20N4. The quantitative estimate of drug-likeness (QED) is 0.775. The van der Waals surface area contributed by atoms with E-state index in [1.54, 1.807) is 0 Å². The van der Waals surface area contributed by atoms with E-state index in [9.17, 15) is 0 Å². The highest BCUT2D eigenvalue weighted by atomic mass is 15.2. The minimum absolute atomic E-state index is 0.314. The van der Waals surface area contributed by atoms with E-state index in [0.717, 1.165) is 18.1 Å². The summed E-state index contributed by atoms with van der Waals surface area (Å²) in [4.78, 5) is 4.55. The van der Waals surface area contributed by atoms with Crippen LogP contribution in [-0.2, 0) is 0 Å². The van der Waals surface area contributed by atoms with E-state index in [4.69, 9.17) is 5.73 Å². The molecule has 0 bridgehead atoms. The molecule has 1 atom stereocenters. The molecule has 1 unspecified atom stereocenters. The molecule has 1 aliphatic rings. The largest absolute Gasteiger partial charge is 0.330 e. The minimum Gasteiger partial charge on any atom is -0.330 e. The molecule has 15 heavy (non-hydrogen) atoms. The lowest BCUT2D eigenvalue weighted by Crippen LogP contribution is -2.16. The molecule has 0 saturated heterocycles. The van der Waals surface area contributed by atoms with Gasteiger partial charge in [-0.25, -0.2) is 4.98 Å². The molecule has 0 amide bonds. The van der Waals surface area contributed by atoms with Crippen LogP contribution in [0.2, 0.25) is 0 Å². The summed E-state index contributed by atoms with van der Waals surface area (Å²) >= 11 is 0. The van der Waals surface area contributed by atoms with Crippen molar-refractivity contribution in [1.82, 2.24) is 15.2 Å². The van der Waals surface area contributed by atoms with Crippen molar-refractivity contribution in [2.75, 3.05) is 6.54 Å². The first-order valence-corrected chi connectivity index (χ1v) is 5.83. The Kier molecular flexibility index (Phi) is 3.05. The van der Waals surface area contributed by atoms with Crippen molar-refractivity contribution in [2.24, 2.45) is 11.7 Å². The number of H-pyrrole nitrogens is 1. The predicted molar refractivity (Wildman–Crippen MR) is 59.6 cm³/mol. The number of nitrogens with two attached hydrogens (primary N) is 1. The van der Waals surface area contributed by atoms with Gasteiger partial charge in [0.05, 0.1) is 0 Å². The maximum absolute atomic E-state index is 5.76. The molecule has 84 valence electrons. The third-order valence-electron chi connectivity index (χ3n) is 2.89. The summed E-state index contributed by atoms with van der Waals surface area (Å²) in [5.74, 6) is 3.57. The predicted octanol–water partition coefficient (Wildman–Crippen LogP) is 1.77. The number of nitrogens with one attached hydrogen (secondary N) is 1. The Morgan fingerprint density at radius 2 is 2.20 bits per heavy atom. The molecule has 4 nitrogen and oxygen atoms in total. The van der Waals surface area contributed by atoms with Crippen molar-refractivity contribution < 1.29 is 0 Å². The number of hydrogen-bond acceptors (Lipinski definition) is 3. The van der Waals surface area contributed by atoms with E-state index in [1.807, 2.05) is 0 Å². The molecule has 3 N–H and O–H groups in total. The van der Waals surface area contributed by atoms with Gasteiger partial charge in [0.25, 0.3) is 0 Å². The first-order chi connectivity index (χ1) is 7.20. The second kappa shape index (κ2) is 4.31. The summed E-state index contributed by atoms with van der Waals surface area (Å²) in [6.45, 7) is 5.05. The Bertz CT molecular complexity index is 314.